The molecule has 4 nitrogen and oxygen atoms in total. The lowest BCUT2D eigenvalue weighted by atomic mass is 9.56. The van der Waals surface area contributed by atoms with Gasteiger partial charge in [-0.3, -0.25) is 0 Å². The van der Waals surface area contributed by atoms with Crippen LogP contribution in [0.1, 0.15) is 37.6 Å². The second-order valence-corrected chi connectivity index (χ2v) is 6.31. The molecule has 0 spiro atoms. The molecule has 0 saturated heterocycles. The average molecular weight is 270 g/mol. The molecule has 1 aliphatic carbocycles. The van der Waals surface area contributed by atoms with E-state index in [-0.39, 0.29) is 5.41 Å². The lowest BCUT2D eigenvalue weighted by Gasteiger charge is -2.53. The Morgan fingerprint density at radius 3 is 2.65 bits per heavy atom. The first-order valence-electron chi connectivity index (χ1n) is 7.20. The van der Waals surface area contributed by atoms with Crippen LogP contribution in [0.5, 0.6) is 0 Å². The Morgan fingerprint density at radius 1 is 1.30 bits per heavy atom. The number of aryl methyl sites for hydroxylation is 1. The Bertz CT molecular complexity index is 573. The lowest BCUT2D eigenvalue weighted by molar-refractivity contribution is 0.0671. The van der Waals surface area contributed by atoms with Gasteiger partial charge in [-0.15, -0.1) is 10.2 Å². The summed E-state index contributed by atoms with van der Waals surface area (Å²) in [6.07, 6.45) is 2.94. The zero-order valence-electron chi connectivity index (χ0n) is 12.4. The van der Waals surface area contributed by atoms with Gasteiger partial charge in [0.2, 0.25) is 0 Å². The van der Waals surface area contributed by atoms with E-state index in [1.807, 2.05) is 11.6 Å². The summed E-state index contributed by atoms with van der Waals surface area (Å²) in [4.78, 5) is 0. The van der Waals surface area contributed by atoms with Crippen molar-refractivity contribution < 1.29 is 0 Å². The summed E-state index contributed by atoms with van der Waals surface area (Å²) in [6.45, 7) is 5.48. The van der Waals surface area contributed by atoms with E-state index in [0.717, 1.165) is 12.4 Å². The van der Waals surface area contributed by atoms with Crippen molar-refractivity contribution in [2.75, 3.05) is 0 Å². The minimum absolute atomic E-state index is 0.278. The SMILES string of the molecule is Cn1cnnc1CN[C@@H]1C[C@H](c2ccccc2)C1(C)C. The first-order chi connectivity index (χ1) is 9.59. The third-order valence-corrected chi connectivity index (χ3v) is 4.78. The maximum absolute atomic E-state index is 4.12. The minimum Gasteiger partial charge on any atom is -0.320 e. The standard InChI is InChI=1S/C16H22N4/c1-16(2)13(12-7-5-4-6-8-12)9-14(16)17-10-15-19-18-11-20(15)3/h4-8,11,13-14,17H,9-10H2,1-3H3/t13-,14-/m1/s1. The quantitative estimate of drug-likeness (QED) is 0.928. The number of nitrogens with one attached hydrogen (secondary N) is 1. The third kappa shape index (κ3) is 2.24. The molecule has 0 aliphatic heterocycles. The zero-order chi connectivity index (χ0) is 14.2. The second-order valence-electron chi connectivity index (χ2n) is 6.31. The number of benzene rings is 1. The molecule has 1 aliphatic rings. The van der Waals surface area contributed by atoms with E-state index in [2.05, 4.69) is 59.7 Å². The summed E-state index contributed by atoms with van der Waals surface area (Å²) in [5.74, 6) is 1.63. The molecule has 106 valence electrons. The molecule has 1 saturated carbocycles. The van der Waals surface area contributed by atoms with E-state index in [1.54, 1.807) is 6.33 Å². The molecule has 1 fully saturated rings. The van der Waals surface area contributed by atoms with Gasteiger partial charge in [0.15, 0.2) is 0 Å². The lowest BCUT2D eigenvalue weighted by Crippen LogP contribution is -2.55. The van der Waals surface area contributed by atoms with Crippen molar-refractivity contribution in [1.29, 1.82) is 0 Å². The summed E-state index contributed by atoms with van der Waals surface area (Å²) in [7, 11) is 1.98. The highest BCUT2D eigenvalue weighted by molar-refractivity contribution is 5.27. The van der Waals surface area contributed by atoms with Gasteiger partial charge >= 0.3 is 0 Å². The van der Waals surface area contributed by atoms with Gasteiger partial charge in [-0.2, -0.15) is 0 Å². The third-order valence-electron chi connectivity index (χ3n) is 4.78. The predicted octanol–water partition coefficient (Wildman–Crippen LogP) is 2.49. The fraction of sp³-hybridized carbons (Fsp3) is 0.500. The molecule has 3 rings (SSSR count). The molecular weight excluding hydrogens is 248 g/mol. The molecule has 1 aromatic heterocycles. The van der Waals surface area contributed by atoms with Gasteiger partial charge in [0, 0.05) is 13.1 Å². The molecule has 0 bridgehead atoms. The highest BCUT2D eigenvalue weighted by atomic mass is 15.3. The molecular formula is C16H22N4. The van der Waals surface area contributed by atoms with Gasteiger partial charge < -0.3 is 9.88 Å². The molecule has 20 heavy (non-hydrogen) atoms. The van der Waals surface area contributed by atoms with E-state index in [4.69, 9.17) is 0 Å². The van der Waals surface area contributed by atoms with Gasteiger partial charge in [-0.1, -0.05) is 44.2 Å². The van der Waals surface area contributed by atoms with Gasteiger partial charge in [0.1, 0.15) is 12.2 Å². The molecule has 2 atom stereocenters. The molecule has 0 unspecified atom stereocenters. The van der Waals surface area contributed by atoms with Crippen molar-refractivity contribution in [3.8, 4) is 0 Å². The summed E-state index contributed by atoms with van der Waals surface area (Å²) in [5.41, 5.74) is 1.73. The number of nitrogens with zero attached hydrogens (tertiary/aromatic N) is 3. The van der Waals surface area contributed by atoms with E-state index >= 15 is 0 Å². The van der Waals surface area contributed by atoms with Crippen molar-refractivity contribution in [3.05, 3.63) is 48.0 Å². The van der Waals surface area contributed by atoms with Gasteiger partial charge in [-0.25, -0.2) is 0 Å². The normalized spacial score (nSPS) is 24.4. The van der Waals surface area contributed by atoms with Crippen molar-refractivity contribution in [3.63, 3.8) is 0 Å². The molecule has 1 N–H and O–H groups in total. The summed E-state index contributed by atoms with van der Waals surface area (Å²) in [6, 6.07) is 11.4. The number of aromatic nitrogens is 3. The molecule has 1 heterocycles. The van der Waals surface area contributed by atoms with Crippen LogP contribution in [0.25, 0.3) is 0 Å². The van der Waals surface area contributed by atoms with E-state index in [9.17, 15) is 0 Å². The highest BCUT2D eigenvalue weighted by Crippen LogP contribution is 2.52. The maximum atomic E-state index is 4.12. The Labute approximate surface area is 120 Å². The van der Waals surface area contributed by atoms with Crippen LogP contribution in [-0.4, -0.2) is 20.8 Å². The molecule has 0 radical (unpaired) electrons. The Kier molecular flexibility index (Phi) is 3.34. The van der Waals surface area contributed by atoms with Crippen LogP contribution in [0, 0.1) is 5.41 Å². The first-order valence-corrected chi connectivity index (χ1v) is 7.20. The van der Waals surface area contributed by atoms with Crippen molar-refractivity contribution in [2.45, 2.75) is 38.8 Å². The fourth-order valence-electron chi connectivity index (χ4n) is 3.20. The number of hydrogen-bond donors (Lipinski definition) is 1. The number of hydrogen-bond acceptors (Lipinski definition) is 3. The molecule has 1 aromatic carbocycles. The van der Waals surface area contributed by atoms with Gasteiger partial charge in [0.05, 0.1) is 6.54 Å². The van der Waals surface area contributed by atoms with Crippen LogP contribution < -0.4 is 5.32 Å². The summed E-state index contributed by atoms with van der Waals surface area (Å²) < 4.78 is 1.97. The van der Waals surface area contributed by atoms with Crippen molar-refractivity contribution >= 4 is 0 Å². The average Bonchev–Trinajstić information content (AvgIpc) is 2.84. The van der Waals surface area contributed by atoms with Gasteiger partial charge in [-0.05, 0) is 23.3 Å². The largest absolute Gasteiger partial charge is 0.320 e. The van der Waals surface area contributed by atoms with Crippen LogP contribution >= 0.6 is 0 Å². The van der Waals surface area contributed by atoms with Crippen LogP contribution in [0.15, 0.2) is 36.7 Å². The van der Waals surface area contributed by atoms with Crippen LogP contribution in [0.2, 0.25) is 0 Å². The Balaban J connectivity index is 1.63. The predicted molar refractivity (Wildman–Crippen MR) is 79.2 cm³/mol. The Morgan fingerprint density at radius 2 is 2.05 bits per heavy atom. The van der Waals surface area contributed by atoms with Crippen molar-refractivity contribution in [1.82, 2.24) is 20.1 Å². The van der Waals surface area contributed by atoms with Crippen LogP contribution in [-0.2, 0) is 13.6 Å². The minimum atomic E-state index is 0.278. The fourth-order valence-corrected chi connectivity index (χ4v) is 3.20. The summed E-state index contributed by atoms with van der Waals surface area (Å²) >= 11 is 0. The van der Waals surface area contributed by atoms with Crippen LogP contribution in [0.4, 0.5) is 0 Å². The monoisotopic (exact) mass is 270 g/mol. The molecule has 0 amide bonds. The maximum Gasteiger partial charge on any atom is 0.146 e. The van der Waals surface area contributed by atoms with E-state index in [0.29, 0.717) is 12.0 Å². The summed E-state index contributed by atoms with van der Waals surface area (Å²) in [5, 5.41) is 11.7. The van der Waals surface area contributed by atoms with Gasteiger partial charge in [0.25, 0.3) is 0 Å². The van der Waals surface area contributed by atoms with Crippen molar-refractivity contribution in [2.24, 2.45) is 12.5 Å². The topological polar surface area (TPSA) is 42.7 Å². The zero-order valence-corrected chi connectivity index (χ0v) is 12.4. The number of rotatable bonds is 4. The second kappa shape index (κ2) is 5.02. The first kappa shape index (κ1) is 13.3. The van der Waals surface area contributed by atoms with E-state index in [1.165, 1.54) is 12.0 Å². The van der Waals surface area contributed by atoms with E-state index < -0.39 is 0 Å². The smallest absolute Gasteiger partial charge is 0.146 e. The molecule has 4 heteroatoms. The van der Waals surface area contributed by atoms with Crippen LogP contribution in [0.3, 0.4) is 0 Å². The molecule has 2 aromatic rings. The Hall–Kier alpha value is -1.68. The highest BCUT2D eigenvalue weighted by Gasteiger charge is 2.48.